The Balaban J connectivity index is 1.77. The number of thioether (sulfide) groups is 1. The standard InChI is InChI=1S/C11H13NO3S2/c13-8(6-17-9-2-1-5-16-9)12-10(11(14)15)7-3-4-7/h1-2,5,7,10H,3-4,6H2,(H,12,13)(H,14,15). The normalized spacial score (nSPS) is 16.5. The van der Waals surface area contributed by atoms with Crippen LogP contribution in [0.15, 0.2) is 21.7 Å². The maximum absolute atomic E-state index is 11.6. The van der Waals surface area contributed by atoms with Gasteiger partial charge in [0.05, 0.1) is 9.96 Å². The van der Waals surface area contributed by atoms with E-state index >= 15 is 0 Å². The highest BCUT2D eigenvalue weighted by Crippen LogP contribution is 2.32. The van der Waals surface area contributed by atoms with E-state index in [1.54, 1.807) is 11.3 Å². The molecule has 1 aromatic rings. The summed E-state index contributed by atoms with van der Waals surface area (Å²) in [5.41, 5.74) is 0. The largest absolute Gasteiger partial charge is 0.480 e. The lowest BCUT2D eigenvalue weighted by Gasteiger charge is -2.12. The van der Waals surface area contributed by atoms with Gasteiger partial charge in [-0.3, -0.25) is 4.79 Å². The van der Waals surface area contributed by atoms with E-state index in [2.05, 4.69) is 5.32 Å². The summed E-state index contributed by atoms with van der Waals surface area (Å²) < 4.78 is 1.07. The quantitative estimate of drug-likeness (QED) is 0.775. The minimum Gasteiger partial charge on any atom is -0.480 e. The van der Waals surface area contributed by atoms with Gasteiger partial charge >= 0.3 is 5.97 Å². The lowest BCUT2D eigenvalue weighted by atomic mass is 10.2. The third-order valence-electron chi connectivity index (χ3n) is 2.52. The molecule has 1 heterocycles. The number of thiophene rings is 1. The highest BCUT2D eigenvalue weighted by atomic mass is 32.2. The molecular weight excluding hydrogens is 258 g/mol. The van der Waals surface area contributed by atoms with Crippen molar-refractivity contribution in [3.63, 3.8) is 0 Å². The SMILES string of the molecule is O=C(CSc1cccs1)NC(C(=O)O)C1CC1. The van der Waals surface area contributed by atoms with Crippen molar-refractivity contribution in [3.05, 3.63) is 17.5 Å². The molecule has 0 bridgehead atoms. The van der Waals surface area contributed by atoms with Crippen LogP contribution in [0.25, 0.3) is 0 Å². The van der Waals surface area contributed by atoms with Crippen molar-refractivity contribution in [1.82, 2.24) is 5.32 Å². The minimum atomic E-state index is -0.929. The maximum atomic E-state index is 11.6. The summed E-state index contributed by atoms with van der Waals surface area (Å²) in [6.07, 6.45) is 1.80. The highest BCUT2D eigenvalue weighted by Gasteiger charge is 2.37. The van der Waals surface area contributed by atoms with Gasteiger partial charge in [0.25, 0.3) is 0 Å². The van der Waals surface area contributed by atoms with E-state index in [4.69, 9.17) is 5.11 Å². The van der Waals surface area contributed by atoms with Gasteiger partial charge in [0.2, 0.25) is 5.91 Å². The first-order chi connectivity index (χ1) is 8.16. The number of hydrogen-bond donors (Lipinski definition) is 2. The third kappa shape index (κ3) is 3.74. The number of carboxylic acid groups (broad SMARTS) is 1. The molecule has 0 saturated heterocycles. The molecule has 2 rings (SSSR count). The van der Waals surface area contributed by atoms with Gasteiger partial charge in [0.15, 0.2) is 0 Å². The Hall–Kier alpha value is -1.01. The lowest BCUT2D eigenvalue weighted by Crippen LogP contribution is -2.43. The van der Waals surface area contributed by atoms with Gasteiger partial charge < -0.3 is 10.4 Å². The van der Waals surface area contributed by atoms with Gasteiger partial charge in [-0.1, -0.05) is 6.07 Å². The number of carbonyl (C=O) groups excluding carboxylic acids is 1. The van der Waals surface area contributed by atoms with Crippen LogP contribution in [0.1, 0.15) is 12.8 Å². The molecule has 1 saturated carbocycles. The number of carbonyl (C=O) groups is 2. The molecule has 2 N–H and O–H groups in total. The fraction of sp³-hybridized carbons (Fsp3) is 0.455. The van der Waals surface area contributed by atoms with Crippen molar-refractivity contribution in [1.29, 1.82) is 0 Å². The fourth-order valence-corrected chi connectivity index (χ4v) is 3.10. The molecule has 1 aliphatic carbocycles. The summed E-state index contributed by atoms with van der Waals surface area (Å²) >= 11 is 3.01. The van der Waals surface area contributed by atoms with Crippen LogP contribution < -0.4 is 5.32 Å². The molecule has 1 fully saturated rings. The summed E-state index contributed by atoms with van der Waals surface area (Å²) in [5, 5.41) is 13.5. The van der Waals surface area contributed by atoms with Crippen molar-refractivity contribution in [2.24, 2.45) is 5.92 Å². The summed E-state index contributed by atoms with van der Waals surface area (Å²) in [7, 11) is 0. The molecule has 4 nitrogen and oxygen atoms in total. The Morgan fingerprint density at radius 1 is 1.59 bits per heavy atom. The van der Waals surface area contributed by atoms with Crippen LogP contribution in [0.5, 0.6) is 0 Å². The molecule has 0 spiro atoms. The van der Waals surface area contributed by atoms with Crippen molar-refractivity contribution >= 4 is 35.0 Å². The van der Waals surface area contributed by atoms with Gasteiger partial charge in [-0.05, 0) is 30.2 Å². The first-order valence-corrected chi connectivity index (χ1v) is 7.22. The molecule has 1 unspecified atom stereocenters. The first-order valence-electron chi connectivity index (χ1n) is 5.35. The zero-order chi connectivity index (χ0) is 12.3. The van der Waals surface area contributed by atoms with Crippen molar-refractivity contribution < 1.29 is 14.7 Å². The molecule has 0 radical (unpaired) electrons. The smallest absolute Gasteiger partial charge is 0.326 e. The minimum absolute atomic E-state index is 0.128. The average Bonchev–Trinajstić information content (AvgIpc) is 2.99. The molecule has 0 aromatic carbocycles. The van der Waals surface area contributed by atoms with Crippen molar-refractivity contribution in [3.8, 4) is 0 Å². The predicted octanol–water partition coefficient (Wildman–Crippen LogP) is 1.82. The summed E-state index contributed by atoms with van der Waals surface area (Å²) in [6, 6.07) is 3.17. The van der Waals surface area contributed by atoms with Crippen LogP contribution in [0, 0.1) is 5.92 Å². The molecular formula is C11H13NO3S2. The Bertz CT molecular complexity index is 401. The van der Waals surface area contributed by atoms with E-state index < -0.39 is 12.0 Å². The zero-order valence-corrected chi connectivity index (χ0v) is 10.7. The van der Waals surface area contributed by atoms with E-state index in [-0.39, 0.29) is 17.6 Å². The second kappa shape index (κ2) is 5.55. The van der Waals surface area contributed by atoms with Gasteiger partial charge in [-0.2, -0.15) is 0 Å². The molecule has 1 atom stereocenters. The average molecular weight is 271 g/mol. The Kier molecular flexibility index (Phi) is 4.06. The molecule has 6 heteroatoms. The highest BCUT2D eigenvalue weighted by molar-refractivity contribution is 8.01. The van der Waals surface area contributed by atoms with Crippen LogP contribution in [0.4, 0.5) is 0 Å². The van der Waals surface area contributed by atoms with E-state index in [9.17, 15) is 9.59 Å². The van der Waals surface area contributed by atoms with E-state index in [1.807, 2.05) is 17.5 Å². The molecule has 17 heavy (non-hydrogen) atoms. The van der Waals surface area contributed by atoms with Crippen LogP contribution in [-0.4, -0.2) is 28.8 Å². The summed E-state index contributed by atoms with van der Waals surface area (Å²) in [4.78, 5) is 22.5. The van der Waals surface area contributed by atoms with Crippen molar-refractivity contribution in [2.45, 2.75) is 23.1 Å². The van der Waals surface area contributed by atoms with Gasteiger partial charge in [-0.25, -0.2) is 4.79 Å². The molecule has 1 aliphatic rings. The molecule has 1 amide bonds. The van der Waals surface area contributed by atoms with Crippen LogP contribution in [-0.2, 0) is 9.59 Å². The third-order valence-corrected chi connectivity index (χ3v) is 4.65. The van der Waals surface area contributed by atoms with Crippen LogP contribution >= 0.6 is 23.1 Å². The van der Waals surface area contributed by atoms with E-state index in [0.717, 1.165) is 17.1 Å². The number of carboxylic acids is 1. The van der Waals surface area contributed by atoms with E-state index in [0.29, 0.717) is 0 Å². The molecule has 92 valence electrons. The second-order valence-corrected chi connectivity index (χ2v) is 6.16. The van der Waals surface area contributed by atoms with Crippen molar-refractivity contribution in [2.75, 3.05) is 5.75 Å². The maximum Gasteiger partial charge on any atom is 0.326 e. The number of hydrogen-bond acceptors (Lipinski definition) is 4. The monoisotopic (exact) mass is 271 g/mol. The van der Waals surface area contributed by atoms with Gasteiger partial charge in [0.1, 0.15) is 6.04 Å². The molecule has 1 aromatic heterocycles. The zero-order valence-electron chi connectivity index (χ0n) is 9.09. The van der Waals surface area contributed by atoms with Gasteiger partial charge in [0, 0.05) is 0 Å². The second-order valence-electron chi connectivity index (χ2n) is 3.94. The summed E-state index contributed by atoms with van der Waals surface area (Å²) in [6.45, 7) is 0. The molecule has 0 aliphatic heterocycles. The van der Waals surface area contributed by atoms with E-state index in [1.165, 1.54) is 11.8 Å². The Morgan fingerprint density at radius 2 is 2.35 bits per heavy atom. The van der Waals surface area contributed by atoms with Crippen LogP contribution in [0.3, 0.4) is 0 Å². The number of nitrogens with one attached hydrogen (secondary N) is 1. The number of rotatable bonds is 6. The first kappa shape index (κ1) is 12.4. The number of aliphatic carboxylic acids is 1. The Morgan fingerprint density at radius 3 is 2.88 bits per heavy atom. The van der Waals surface area contributed by atoms with Gasteiger partial charge in [-0.15, -0.1) is 23.1 Å². The Labute approximate surface area is 107 Å². The topological polar surface area (TPSA) is 66.4 Å². The summed E-state index contributed by atoms with van der Waals surface area (Å²) in [5.74, 6) is -0.732. The van der Waals surface area contributed by atoms with Crippen LogP contribution in [0.2, 0.25) is 0 Å². The fourth-order valence-electron chi connectivity index (χ4n) is 1.51. The number of amides is 1. The lowest BCUT2D eigenvalue weighted by molar-refractivity contribution is -0.142. The predicted molar refractivity (Wildman–Crippen MR) is 67.3 cm³/mol.